The first-order valence-corrected chi connectivity index (χ1v) is 1.85. The van der Waals surface area contributed by atoms with Crippen LogP contribution in [0.1, 0.15) is 6.42 Å². The summed E-state index contributed by atoms with van der Waals surface area (Å²) in [7, 11) is 1.92. The van der Waals surface area contributed by atoms with Gasteiger partial charge >= 0.3 is 21.1 Å². The minimum Gasteiger partial charge on any atom is -0.358 e. The Morgan fingerprint density at radius 2 is 1.88 bits per heavy atom. The van der Waals surface area contributed by atoms with Gasteiger partial charge in [0, 0.05) is 21.1 Å². The summed E-state index contributed by atoms with van der Waals surface area (Å²) in [6.07, 6.45) is 0.983. The van der Waals surface area contributed by atoms with Gasteiger partial charge in [0.2, 0.25) is 0 Å². The van der Waals surface area contributed by atoms with E-state index in [-0.39, 0.29) is 49.6 Å². The van der Waals surface area contributed by atoms with Crippen molar-refractivity contribution in [2.24, 2.45) is 0 Å². The normalized spacial score (nSPS) is 5.25. The molecule has 0 spiro atoms. The Morgan fingerprint density at radius 1 is 1.50 bits per heavy atom. The van der Waals surface area contributed by atoms with Crippen LogP contribution in [0.15, 0.2) is 0 Å². The molecular formula is C5H13NW2. The van der Waals surface area contributed by atoms with Gasteiger partial charge in [-0.3, -0.25) is 0 Å². The first kappa shape index (κ1) is 22.8. The van der Waals surface area contributed by atoms with Crippen LogP contribution in [-0.4, -0.2) is 13.6 Å². The van der Waals surface area contributed by atoms with Crippen molar-refractivity contribution in [2.75, 3.05) is 13.6 Å². The van der Waals surface area contributed by atoms with Crippen molar-refractivity contribution in [3.05, 3.63) is 14.4 Å². The number of nitrogens with one attached hydrogen (secondary N) is 1. The molecule has 0 aliphatic rings. The molecule has 3 heteroatoms. The molecule has 0 saturated heterocycles. The van der Waals surface area contributed by atoms with E-state index in [9.17, 15) is 0 Å². The summed E-state index contributed by atoms with van der Waals surface area (Å²) in [6, 6.07) is 0. The number of rotatable bonds is 2. The van der Waals surface area contributed by atoms with Crippen LogP contribution in [0.3, 0.4) is 0 Å². The van der Waals surface area contributed by atoms with Gasteiger partial charge in [0.05, 0.1) is 0 Å². The maximum atomic E-state index is 3.61. The zero-order valence-corrected chi connectivity index (χ0v) is 11.3. The third kappa shape index (κ3) is 26.5. The molecule has 0 unspecified atom stereocenters. The van der Waals surface area contributed by atoms with E-state index in [1.54, 1.807) is 0 Å². The maximum absolute atomic E-state index is 3.61. The smallest absolute Gasteiger partial charge is 0.358 e. The van der Waals surface area contributed by atoms with Crippen molar-refractivity contribution in [3.8, 4) is 0 Å². The van der Waals surface area contributed by atoms with E-state index in [4.69, 9.17) is 0 Å². The third-order valence-electron chi connectivity index (χ3n) is 0.427. The molecule has 0 aliphatic heterocycles. The van der Waals surface area contributed by atoms with Crippen molar-refractivity contribution in [2.45, 2.75) is 6.42 Å². The molecule has 0 aromatic heterocycles. The van der Waals surface area contributed by atoms with Crippen molar-refractivity contribution in [1.82, 2.24) is 5.32 Å². The van der Waals surface area contributed by atoms with Crippen molar-refractivity contribution in [1.29, 1.82) is 0 Å². The molecule has 0 radical (unpaired) electrons. The van der Waals surface area contributed by atoms with Gasteiger partial charge in [-0.15, -0.1) is 0 Å². The Hall–Kier alpha value is 1.34. The quantitative estimate of drug-likeness (QED) is 0.611. The van der Waals surface area contributed by atoms with Crippen LogP contribution in [0.5, 0.6) is 0 Å². The molecule has 0 aromatic rings. The predicted molar refractivity (Wildman–Crippen MR) is 30.3 cm³/mol. The molecule has 0 aliphatic carbocycles. The fourth-order valence-electron chi connectivity index (χ4n) is 0.177. The van der Waals surface area contributed by atoms with Gasteiger partial charge in [0.1, 0.15) is 0 Å². The Balaban J connectivity index is -0.0000000267. The van der Waals surface area contributed by atoms with Crippen LogP contribution in [0.2, 0.25) is 0 Å². The fraction of sp³-hybridized carbons (Fsp3) is 0.600. The molecule has 8 heavy (non-hydrogen) atoms. The average molecular weight is 455 g/mol. The van der Waals surface area contributed by atoms with Crippen LogP contribution in [-0.2, 0) is 42.1 Å². The van der Waals surface area contributed by atoms with Crippen molar-refractivity contribution < 1.29 is 42.1 Å². The van der Waals surface area contributed by atoms with Crippen LogP contribution in [0.25, 0.3) is 0 Å². The molecule has 0 amide bonds. The Morgan fingerprint density at radius 3 is 1.88 bits per heavy atom. The monoisotopic (exact) mass is 455 g/mol. The average Bonchev–Trinajstić information content (AvgIpc) is 1.41. The van der Waals surface area contributed by atoms with E-state index in [1.165, 1.54) is 0 Å². The minimum absolute atomic E-state index is 0. The molecule has 0 bridgehead atoms. The molecule has 0 aromatic carbocycles. The minimum atomic E-state index is 0. The van der Waals surface area contributed by atoms with E-state index in [1.807, 2.05) is 7.05 Å². The van der Waals surface area contributed by atoms with Gasteiger partial charge in [0.15, 0.2) is 0 Å². The summed E-state index contributed by atoms with van der Waals surface area (Å²) < 4.78 is 0. The third-order valence-corrected chi connectivity index (χ3v) is 0.427. The van der Waals surface area contributed by atoms with Gasteiger partial charge in [-0.1, -0.05) is 0 Å². The second kappa shape index (κ2) is 23.9. The van der Waals surface area contributed by atoms with E-state index in [2.05, 4.69) is 12.2 Å². The van der Waals surface area contributed by atoms with Gasteiger partial charge in [0.25, 0.3) is 0 Å². The maximum Gasteiger partial charge on any atom is 2.00 e. The van der Waals surface area contributed by atoms with Crippen LogP contribution >= 0.6 is 0 Å². The van der Waals surface area contributed by atoms with Gasteiger partial charge in [-0.25, -0.2) is 0 Å². The topological polar surface area (TPSA) is 12.0 Å². The van der Waals surface area contributed by atoms with Crippen LogP contribution < -0.4 is 5.32 Å². The van der Waals surface area contributed by atoms with Crippen LogP contribution in [0, 0.1) is 14.4 Å². The first-order valence-electron chi connectivity index (χ1n) is 1.85. The molecular weight excluding hydrogens is 442 g/mol. The predicted octanol–water partition coefficient (Wildman–Crippen LogP) is 0.875. The summed E-state index contributed by atoms with van der Waals surface area (Å²) >= 11 is 0. The summed E-state index contributed by atoms with van der Waals surface area (Å²) in [6.45, 7) is 4.64. The zero-order valence-electron chi connectivity index (χ0n) is 5.44. The molecule has 1 nitrogen and oxygen atoms in total. The fourth-order valence-corrected chi connectivity index (χ4v) is 0.177. The Kier molecular flexibility index (Phi) is 68.0. The van der Waals surface area contributed by atoms with E-state index < -0.39 is 0 Å². The van der Waals surface area contributed by atoms with E-state index >= 15 is 0 Å². The molecule has 0 atom stereocenters. The van der Waals surface area contributed by atoms with Gasteiger partial charge in [-0.05, 0) is 13.6 Å². The van der Waals surface area contributed by atoms with Crippen molar-refractivity contribution in [3.63, 3.8) is 0 Å². The largest absolute Gasteiger partial charge is 2.00 e. The molecule has 0 fully saturated rings. The summed E-state index contributed by atoms with van der Waals surface area (Å²) in [5, 5.41) is 2.95. The second-order valence-corrected chi connectivity index (χ2v) is 0.957. The zero-order chi connectivity index (χ0) is 4.12. The van der Waals surface area contributed by atoms with Gasteiger partial charge in [-0.2, -0.15) is 6.42 Å². The molecule has 50 valence electrons. The Labute approximate surface area is 81.5 Å². The van der Waals surface area contributed by atoms with Crippen molar-refractivity contribution >= 4 is 0 Å². The van der Waals surface area contributed by atoms with E-state index in [0.717, 1.165) is 13.0 Å². The van der Waals surface area contributed by atoms with E-state index in [0.29, 0.717) is 0 Å². The first-order chi connectivity index (χ1) is 2.41. The molecule has 0 rings (SSSR count). The number of hydrogen-bond acceptors (Lipinski definition) is 1. The van der Waals surface area contributed by atoms with Crippen LogP contribution in [0.4, 0.5) is 0 Å². The second-order valence-electron chi connectivity index (χ2n) is 0.957. The Bertz CT molecular complexity index is 17.9. The summed E-state index contributed by atoms with van der Waals surface area (Å²) in [5.41, 5.74) is 0. The SMILES string of the molecule is [CH2-]CCNC.[CH3-].[W+2].[W]. The summed E-state index contributed by atoms with van der Waals surface area (Å²) in [5.74, 6) is 0. The summed E-state index contributed by atoms with van der Waals surface area (Å²) in [4.78, 5) is 0. The number of hydrogen-bond donors (Lipinski definition) is 1. The molecule has 0 heterocycles. The van der Waals surface area contributed by atoms with Gasteiger partial charge < -0.3 is 19.7 Å². The standard InChI is InChI=1S/C4H10N.CH3.2W/c1-3-4-5-2;;;/h5H,1,3-4H2,2H3;1H3;;/q2*-1;;+2. The molecule has 0 saturated carbocycles. The molecule has 1 N–H and O–H groups in total.